The molecule has 2 fully saturated rings. The van der Waals surface area contributed by atoms with Gasteiger partial charge in [0.2, 0.25) is 11.8 Å². The van der Waals surface area contributed by atoms with Crippen LogP contribution < -0.4 is 4.90 Å². The Morgan fingerprint density at radius 2 is 1.66 bits per heavy atom. The van der Waals surface area contributed by atoms with Crippen LogP contribution in [0.25, 0.3) is 0 Å². The van der Waals surface area contributed by atoms with Gasteiger partial charge in [-0.05, 0) is 36.6 Å². The molecule has 0 spiro atoms. The summed E-state index contributed by atoms with van der Waals surface area (Å²) in [5.41, 5.74) is 2.03. The van der Waals surface area contributed by atoms with Crippen molar-refractivity contribution in [1.29, 1.82) is 0 Å². The minimum absolute atomic E-state index is 0.0320. The van der Waals surface area contributed by atoms with Crippen LogP contribution >= 0.6 is 0 Å². The van der Waals surface area contributed by atoms with E-state index >= 15 is 0 Å². The Morgan fingerprint density at radius 3 is 2.44 bits per heavy atom. The maximum atomic E-state index is 14.0. The number of para-hydroxylation sites is 1. The molecule has 0 aliphatic carbocycles. The number of halogens is 1. The van der Waals surface area contributed by atoms with Crippen molar-refractivity contribution in [2.45, 2.75) is 26.2 Å². The van der Waals surface area contributed by atoms with Gasteiger partial charge < -0.3 is 14.7 Å². The van der Waals surface area contributed by atoms with Crippen molar-refractivity contribution in [2.75, 3.05) is 37.6 Å². The van der Waals surface area contributed by atoms with E-state index in [1.54, 1.807) is 26.8 Å². The molecule has 2 heterocycles. The lowest BCUT2D eigenvalue weighted by Gasteiger charge is -2.25. The first kappa shape index (κ1) is 22.0. The van der Waals surface area contributed by atoms with Gasteiger partial charge in [-0.3, -0.25) is 14.4 Å². The van der Waals surface area contributed by atoms with Gasteiger partial charge in [-0.25, -0.2) is 4.39 Å². The van der Waals surface area contributed by atoms with E-state index in [0.717, 1.165) is 17.7 Å². The molecule has 168 valence electrons. The molecule has 6 nitrogen and oxygen atoms in total. The molecule has 3 amide bonds. The average molecular weight is 438 g/mol. The van der Waals surface area contributed by atoms with Crippen LogP contribution in [0.3, 0.4) is 0 Å². The number of hydrogen-bond donors (Lipinski definition) is 0. The number of carbonyl (C=O) groups is 3. The third-order valence-electron chi connectivity index (χ3n) is 6.34. The fourth-order valence-electron chi connectivity index (χ4n) is 4.58. The Hall–Kier alpha value is -3.22. The molecule has 7 heteroatoms. The molecule has 2 aliphatic rings. The van der Waals surface area contributed by atoms with Crippen molar-refractivity contribution in [3.63, 3.8) is 0 Å². The van der Waals surface area contributed by atoms with Crippen LogP contribution in [0.5, 0.6) is 0 Å². The zero-order valence-corrected chi connectivity index (χ0v) is 18.3. The van der Waals surface area contributed by atoms with Gasteiger partial charge >= 0.3 is 0 Å². The van der Waals surface area contributed by atoms with Gasteiger partial charge in [0.1, 0.15) is 5.82 Å². The molecule has 2 aromatic rings. The molecule has 2 saturated heterocycles. The van der Waals surface area contributed by atoms with Gasteiger partial charge in [-0.15, -0.1) is 0 Å². The standard InChI is InChI=1S/C25H28FN3O3/c1-2-18-8-3-6-11-22(18)29-17-19(16-23(29)30)24(31)27-12-7-13-28(15-14-27)25(32)20-9-4-5-10-21(20)26/h3-6,8-11,19H,2,7,12-17H2,1H3. The summed E-state index contributed by atoms with van der Waals surface area (Å²) in [6, 6.07) is 13.8. The fourth-order valence-corrected chi connectivity index (χ4v) is 4.58. The molecular weight excluding hydrogens is 409 g/mol. The normalized spacial score (nSPS) is 19.2. The third kappa shape index (κ3) is 4.38. The number of carbonyl (C=O) groups excluding carboxylic acids is 3. The topological polar surface area (TPSA) is 60.9 Å². The molecular formula is C25H28FN3O3. The van der Waals surface area contributed by atoms with E-state index < -0.39 is 5.82 Å². The number of rotatable bonds is 4. The largest absolute Gasteiger partial charge is 0.341 e. The first-order valence-corrected chi connectivity index (χ1v) is 11.2. The predicted molar refractivity (Wildman–Crippen MR) is 120 cm³/mol. The Labute approximate surface area is 187 Å². The minimum atomic E-state index is -0.536. The summed E-state index contributed by atoms with van der Waals surface area (Å²) in [7, 11) is 0. The average Bonchev–Trinajstić information content (AvgIpc) is 3.03. The quantitative estimate of drug-likeness (QED) is 0.739. The van der Waals surface area contributed by atoms with E-state index in [4.69, 9.17) is 0 Å². The monoisotopic (exact) mass is 437 g/mol. The number of aryl methyl sites for hydroxylation is 1. The summed E-state index contributed by atoms with van der Waals surface area (Å²) in [5, 5.41) is 0. The van der Waals surface area contributed by atoms with E-state index in [9.17, 15) is 18.8 Å². The highest BCUT2D eigenvalue weighted by Crippen LogP contribution is 2.29. The summed E-state index contributed by atoms with van der Waals surface area (Å²) >= 11 is 0. The van der Waals surface area contributed by atoms with E-state index in [1.165, 1.54) is 12.1 Å². The number of benzene rings is 2. The van der Waals surface area contributed by atoms with Gasteiger partial charge in [0, 0.05) is 44.8 Å². The molecule has 0 aromatic heterocycles. The number of anilines is 1. The Kier molecular flexibility index (Phi) is 6.53. The molecule has 32 heavy (non-hydrogen) atoms. The molecule has 2 aliphatic heterocycles. The van der Waals surface area contributed by atoms with Crippen LogP contribution in [0.4, 0.5) is 10.1 Å². The van der Waals surface area contributed by atoms with Crippen molar-refractivity contribution in [3.05, 3.63) is 65.5 Å². The highest BCUT2D eigenvalue weighted by Gasteiger charge is 2.38. The highest BCUT2D eigenvalue weighted by atomic mass is 19.1. The van der Waals surface area contributed by atoms with E-state index in [2.05, 4.69) is 0 Å². The molecule has 1 atom stereocenters. The SMILES string of the molecule is CCc1ccccc1N1CC(C(=O)N2CCCN(C(=O)c3ccccc3F)CC2)CC1=O. The van der Waals surface area contributed by atoms with Gasteiger partial charge in [-0.1, -0.05) is 37.3 Å². The summed E-state index contributed by atoms with van der Waals surface area (Å²) in [6.45, 7) is 4.15. The number of hydrogen-bond acceptors (Lipinski definition) is 3. The molecule has 0 saturated carbocycles. The van der Waals surface area contributed by atoms with Crippen LogP contribution in [-0.4, -0.2) is 60.2 Å². The zero-order valence-electron chi connectivity index (χ0n) is 18.3. The molecule has 2 aromatic carbocycles. The lowest BCUT2D eigenvalue weighted by molar-refractivity contribution is -0.135. The summed E-state index contributed by atoms with van der Waals surface area (Å²) in [4.78, 5) is 43.7. The van der Waals surface area contributed by atoms with Crippen LogP contribution in [0.15, 0.2) is 48.5 Å². The molecule has 0 N–H and O–H groups in total. The second-order valence-corrected chi connectivity index (χ2v) is 8.34. The summed E-state index contributed by atoms with van der Waals surface area (Å²) in [6.07, 6.45) is 1.64. The molecule has 4 rings (SSSR count). The lowest BCUT2D eigenvalue weighted by Crippen LogP contribution is -2.41. The minimum Gasteiger partial charge on any atom is -0.341 e. The molecule has 1 unspecified atom stereocenters. The van der Waals surface area contributed by atoms with Crippen molar-refractivity contribution in [3.8, 4) is 0 Å². The summed E-state index contributed by atoms with van der Waals surface area (Å²) < 4.78 is 14.0. The second-order valence-electron chi connectivity index (χ2n) is 8.34. The van der Waals surface area contributed by atoms with E-state index in [0.29, 0.717) is 39.1 Å². The third-order valence-corrected chi connectivity index (χ3v) is 6.34. The summed E-state index contributed by atoms with van der Waals surface area (Å²) in [5.74, 6) is -1.35. The molecule has 0 bridgehead atoms. The predicted octanol–water partition coefficient (Wildman–Crippen LogP) is 3.12. The van der Waals surface area contributed by atoms with Gasteiger partial charge in [0.15, 0.2) is 0 Å². The Bertz CT molecular complexity index is 1020. The van der Waals surface area contributed by atoms with Crippen molar-refractivity contribution in [2.24, 2.45) is 5.92 Å². The number of amides is 3. The smallest absolute Gasteiger partial charge is 0.256 e. The number of nitrogens with zero attached hydrogens (tertiary/aromatic N) is 3. The maximum Gasteiger partial charge on any atom is 0.256 e. The molecule has 0 radical (unpaired) electrons. The van der Waals surface area contributed by atoms with Crippen molar-refractivity contribution in [1.82, 2.24) is 9.80 Å². The Morgan fingerprint density at radius 1 is 0.969 bits per heavy atom. The van der Waals surface area contributed by atoms with Gasteiger partial charge in [0.25, 0.3) is 5.91 Å². The van der Waals surface area contributed by atoms with Crippen LogP contribution in [0.1, 0.15) is 35.7 Å². The van der Waals surface area contributed by atoms with E-state index in [-0.39, 0.29) is 35.6 Å². The van der Waals surface area contributed by atoms with Crippen molar-refractivity contribution < 1.29 is 18.8 Å². The fraction of sp³-hybridized carbons (Fsp3) is 0.400. The lowest BCUT2D eigenvalue weighted by atomic mass is 10.1. The van der Waals surface area contributed by atoms with Gasteiger partial charge in [-0.2, -0.15) is 0 Å². The highest BCUT2D eigenvalue weighted by molar-refractivity contribution is 6.01. The second kappa shape index (κ2) is 9.51. The van der Waals surface area contributed by atoms with Crippen molar-refractivity contribution >= 4 is 23.4 Å². The van der Waals surface area contributed by atoms with Crippen LogP contribution in [0, 0.1) is 11.7 Å². The van der Waals surface area contributed by atoms with Crippen LogP contribution in [-0.2, 0) is 16.0 Å². The first-order chi connectivity index (χ1) is 15.5. The van der Waals surface area contributed by atoms with E-state index in [1.807, 2.05) is 31.2 Å². The maximum absolute atomic E-state index is 14.0. The van der Waals surface area contributed by atoms with Crippen LogP contribution in [0.2, 0.25) is 0 Å². The zero-order chi connectivity index (χ0) is 22.7. The van der Waals surface area contributed by atoms with Gasteiger partial charge in [0.05, 0.1) is 11.5 Å². The first-order valence-electron chi connectivity index (χ1n) is 11.2. The Balaban J connectivity index is 1.41.